The molecule has 0 unspecified atom stereocenters. The molecule has 2 nitrogen and oxygen atoms in total. The fourth-order valence-electron chi connectivity index (χ4n) is 0. The summed E-state index contributed by atoms with van der Waals surface area (Å²) in [6, 6.07) is 0. The molecule has 0 rings (SSSR count). The van der Waals surface area contributed by atoms with Crippen LogP contribution in [0, 0.1) is 0 Å². The van der Waals surface area contributed by atoms with E-state index in [1.165, 1.54) is 0 Å². The van der Waals surface area contributed by atoms with Crippen molar-refractivity contribution < 1.29 is 4.79 Å². The second kappa shape index (κ2) is 2.50. The van der Waals surface area contributed by atoms with Crippen molar-refractivity contribution in [3.8, 4) is 0 Å². The van der Waals surface area contributed by atoms with Gasteiger partial charge in [0.25, 0.3) is 0 Å². The van der Waals surface area contributed by atoms with Crippen LogP contribution in [0.5, 0.6) is 0 Å². The normalized spacial score (nSPS) is 7.40. The van der Waals surface area contributed by atoms with Crippen molar-refractivity contribution >= 4 is 28.4 Å². The van der Waals surface area contributed by atoms with Gasteiger partial charge in [0.05, 0.1) is 0 Å². The van der Waals surface area contributed by atoms with Crippen LogP contribution >= 0.6 is 0 Å². The van der Waals surface area contributed by atoms with E-state index in [9.17, 15) is 4.79 Å². The van der Waals surface area contributed by atoms with Crippen LogP contribution in [0.15, 0.2) is 0 Å². The second-order valence-corrected chi connectivity index (χ2v) is 1.84. The quantitative estimate of drug-likeness (QED) is 0.502. The third-order valence-electron chi connectivity index (χ3n) is 0.201. The summed E-state index contributed by atoms with van der Waals surface area (Å²) < 4.78 is 0.574. The molecule has 0 aliphatic heterocycles. The van der Waals surface area contributed by atoms with Crippen molar-refractivity contribution in [2.75, 3.05) is 0 Å². The van der Waals surface area contributed by atoms with Gasteiger partial charge in [-0.1, -0.05) is 0 Å². The van der Waals surface area contributed by atoms with Crippen LogP contribution in [0.4, 0.5) is 0 Å². The molecule has 1 amide bonds. The van der Waals surface area contributed by atoms with Gasteiger partial charge < -0.3 is 0 Å². The summed E-state index contributed by atoms with van der Waals surface area (Å²) in [5.41, 5.74) is 4.69. The van der Waals surface area contributed by atoms with E-state index >= 15 is 0 Å². The number of primary amides is 1. The number of nitrogens with two attached hydrogens (primary N) is 1. The molecule has 0 aromatic carbocycles. The molecule has 2 radical (unpaired) electrons. The molecule has 0 aliphatic rings. The summed E-state index contributed by atoms with van der Waals surface area (Å²) in [5, 5.41) is 0. The molecule has 0 saturated heterocycles. The zero-order chi connectivity index (χ0) is 4.28. The first kappa shape index (κ1) is 5.27. The van der Waals surface area contributed by atoms with Gasteiger partial charge in [-0.25, -0.2) is 0 Å². The standard InChI is InChI=1S/C2H4NO.Sn.H/c1-2(3)4;;/h1H2,(H2,3,4);;. The molecule has 0 heterocycles. The first-order chi connectivity index (χ1) is 2.27. The Labute approximate surface area is 43.8 Å². The number of carbonyl (C=O) groups is 1. The molecule has 0 fully saturated rings. The van der Waals surface area contributed by atoms with Crippen LogP contribution in [0.25, 0.3) is 0 Å². The predicted molar refractivity (Wildman–Crippen MR) is 21.2 cm³/mol. The van der Waals surface area contributed by atoms with Crippen molar-refractivity contribution in [2.24, 2.45) is 5.73 Å². The second-order valence-electron chi connectivity index (χ2n) is 0.670. The molecule has 5 heavy (non-hydrogen) atoms. The summed E-state index contributed by atoms with van der Waals surface area (Å²) in [6.45, 7) is 0. The Morgan fingerprint density at radius 1 is 2.00 bits per heavy atom. The Balaban J connectivity index is 2.85. The maximum atomic E-state index is 9.62. The predicted octanol–water partition coefficient (Wildman–Crippen LogP) is -1.21. The number of hydrogen-bond donors (Lipinski definition) is 1. The van der Waals surface area contributed by atoms with Gasteiger partial charge in [-0.05, 0) is 0 Å². The molecule has 0 aliphatic carbocycles. The Kier molecular flexibility index (Phi) is 2.64. The monoisotopic (exact) mass is 179 g/mol. The van der Waals surface area contributed by atoms with E-state index in [2.05, 4.69) is 5.73 Å². The van der Waals surface area contributed by atoms with Gasteiger partial charge in [0.15, 0.2) is 0 Å². The molecule has 2 N–H and O–H groups in total. The third kappa shape index (κ3) is 4.27. The van der Waals surface area contributed by atoms with Crippen LogP contribution < -0.4 is 5.73 Å². The summed E-state index contributed by atoms with van der Waals surface area (Å²) >= 11 is 0.952. The van der Waals surface area contributed by atoms with Crippen LogP contribution in [-0.2, 0) is 4.79 Å². The van der Waals surface area contributed by atoms with Gasteiger partial charge in [0.1, 0.15) is 0 Å². The Morgan fingerprint density at radius 3 is 2.20 bits per heavy atom. The molecule has 0 bridgehead atoms. The number of amides is 1. The minimum atomic E-state index is -0.188. The average molecular weight is 178 g/mol. The number of carbonyl (C=O) groups excluding carboxylic acids is 1. The van der Waals surface area contributed by atoms with E-state index in [1.807, 2.05) is 0 Å². The first-order valence-electron chi connectivity index (χ1n) is 1.25. The van der Waals surface area contributed by atoms with Crippen LogP contribution in [0.1, 0.15) is 0 Å². The van der Waals surface area contributed by atoms with E-state index in [4.69, 9.17) is 0 Å². The molecular formula is C2H5NOSn. The van der Waals surface area contributed by atoms with Crippen molar-refractivity contribution in [1.29, 1.82) is 0 Å². The maximum absolute atomic E-state index is 9.62. The van der Waals surface area contributed by atoms with Gasteiger partial charge in [-0.3, -0.25) is 0 Å². The van der Waals surface area contributed by atoms with Crippen LogP contribution in [0.3, 0.4) is 0 Å². The zero-order valence-corrected chi connectivity index (χ0v) is 6.07. The van der Waals surface area contributed by atoms with Crippen molar-refractivity contribution in [2.45, 2.75) is 4.44 Å². The Bertz CT molecular complexity index is 44.9. The zero-order valence-electron chi connectivity index (χ0n) is 2.77. The van der Waals surface area contributed by atoms with Gasteiger partial charge in [0.2, 0.25) is 0 Å². The van der Waals surface area contributed by atoms with Gasteiger partial charge in [0, 0.05) is 0 Å². The molecule has 28 valence electrons. The summed E-state index contributed by atoms with van der Waals surface area (Å²) in [7, 11) is 0. The fourth-order valence-corrected chi connectivity index (χ4v) is 0. The minimum absolute atomic E-state index is 0.188. The SMILES string of the molecule is NC(=O)[CH2][SnH]. The molecule has 3 heteroatoms. The average Bonchev–Trinajstić information content (AvgIpc) is 1.38. The van der Waals surface area contributed by atoms with Gasteiger partial charge in [-0.15, -0.1) is 0 Å². The molecule has 0 atom stereocenters. The third-order valence-corrected chi connectivity index (χ3v) is 1.35. The Morgan fingerprint density at radius 2 is 2.20 bits per heavy atom. The van der Waals surface area contributed by atoms with Gasteiger partial charge in [-0.2, -0.15) is 0 Å². The van der Waals surface area contributed by atoms with E-state index in [0.29, 0.717) is 4.44 Å². The molecule has 0 spiro atoms. The van der Waals surface area contributed by atoms with E-state index in [-0.39, 0.29) is 5.91 Å². The van der Waals surface area contributed by atoms with E-state index < -0.39 is 0 Å². The summed E-state index contributed by atoms with van der Waals surface area (Å²) in [6.07, 6.45) is 0. The fraction of sp³-hybridized carbons (Fsp3) is 0.500. The molecule has 0 saturated carbocycles. The van der Waals surface area contributed by atoms with E-state index in [1.54, 1.807) is 0 Å². The summed E-state index contributed by atoms with van der Waals surface area (Å²) in [4.78, 5) is 9.62. The first-order valence-corrected chi connectivity index (χ1v) is 3.58. The van der Waals surface area contributed by atoms with E-state index in [0.717, 1.165) is 22.5 Å². The molecule has 0 aromatic rings. The van der Waals surface area contributed by atoms with Crippen molar-refractivity contribution in [3.05, 3.63) is 0 Å². The van der Waals surface area contributed by atoms with Gasteiger partial charge >= 0.3 is 43.4 Å². The van der Waals surface area contributed by atoms with Crippen molar-refractivity contribution in [3.63, 3.8) is 0 Å². The molecule has 0 aromatic heterocycles. The molecular weight excluding hydrogens is 173 g/mol. The number of hydrogen-bond acceptors (Lipinski definition) is 1. The Hall–Kier alpha value is 0.269. The van der Waals surface area contributed by atoms with Crippen LogP contribution in [0.2, 0.25) is 4.44 Å². The van der Waals surface area contributed by atoms with Crippen molar-refractivity contribution in [1.82, 2.24) is 0 Å². The number of rotatable bonds is 1. The van der Waals surface area contributed by atoms with Crippen LogP contribution in [-0.4, -0.2) is 28.4 Å². The topological polar surface area (TPSA) is 43.1 Å². The summed E-state index contributed by atoms with van der Waals surface area (Å²) in [5.74, 6) is -0.188.